The van der Waals surface area contributed by atoms with Crippen molar-refractivity contribution < 1.29 is 24.5 Å². The summed E-state index contributed by atoms with van der Waals surface area (Å²) in [6.45, 7) is 7.79. The molecule has 0 saturated heterocycles. The highest BCUT2D eigenvalue weighted by Gasteiger charge is 1.98. The first-order valence-corrected chi connectivity index (χ1v) is 3.21. The summed E-state index contributed by atoms with van der Waals surface area (Å²) in [5.41, 5.74) is 0.183. The van der Waals surface area contributed by atoms with Crippen LogP contribution in [-0.2, 0) is 19.2 Å². The third kappa shape index (κ3) is 10.4. The average Bonchev–Trinajstić information content (AvgIpc) is 2.16. The highest BCUT2D eigenvalue weighted by molar-refractivity contribution is 5.86. The lowest BCUT2D eigenvalue weighted by atomic mass is 10.4. The zero-order chi connectivity index (χ0) is 10.9. The Bertz CT molecular complexity index is 207. The van der Waals surface area contributed by atoms with E-state index >= 15 is 0 Å². The summed E-state index contributed by atoms with van der Waals surface area (Å²) in [7, 11) is 1.31. The summed E-state index contributed by atoms with van der Waals surface area (Å²) in [5, 5.41) is 7.59. The molecule has 0 aliphatic heterocycles. The SMILES string of the molecule is C=C(C)C(=O)OO.C=CC(=O)OC. The van der Waals surface area contributed by atoms with Crippen molar-refractivity contribution in [1.29, 1.82) is 0 Å². The first kappa shape index (κ1) is 13.9. The molecule has 0 aromatic heterocycles. The normalized spacial score (nSPS) is 7.31. The van der Waals surface area contributed by atoms with Crippen LogP contribution in [0, 0.1) is 0 Å². The lowest BCUT2D eigenvalue weighted by Gasteiger charge is -1.88. The molecule has 0 amide bonds. The van der Waals surface area contributed by atoms with Crippen molar-refractivity contribution in [3.63, 3.8) is 0 Å². The van der Waals surface area contributed by atoms with Crippen LogP contribution in [0.1, 0.15) is 6.92 Å². The Labute approximate surface area is 76.2 Å². The molecule has 0 radical (unpaired) electrons. The first-order valence-electron chi connectivity index (χ1n) is 3.21. The van der Waals surface area contributed by atoms with Gasteiger partial charge in [0.25, 0.3) is 0 Å². The third-order valence-corrected chi connectivity index (χ3v) is 0.799. The summed E-state index contributed by atoms with van der Waals surface area (Å²) in [6.07, 6.45) is 1.11. The Hall–Kier alpha value is -1.62. The number of methoxy groups -OCH3 is 1. The van der Waals surface area contributed by atoms with Gasteiger partial charge in [-0.3, -0.25) is 4.89 Å². The van der Waals surface area contributed by atoms with Gasteiger partial charge >= 0.3 is 11.9 Å². The number of esters is 1. The lowest BCUT2D eigenvalue weighted by Crippen LogP contribution is -1.99. The quantitative estimate of drug-likeness (QED) is 0.302. The molecule has 13 heavy (non-hydrogen) atoms. The van der Waals surface area contributed by atoms with Crippen molar-refractivity contribution in [1.82, 2.24) is 0 Å². The molecule has 0 spiro atoms. The van der Waals surface area contributed by atoms with Crippen LogP contribution in [0.15, 0.2) is 24.8 Å². The van der Waals surface area contributed by atoms with Gasteiger partial charge < -0.3 is 4.74 Å². The van der Waals surface area contributed by atoms with Crippen molar-refractivity contribution in [2.45, 2.75) is 6.92 Å². The van der Waals surface area contributed by atoms with Crippen LogP contribution >= 0.6 is 0 Å². The van der Waals surface area contributed by atoms with Gasteiger partial charge in [0.05, 0.1) is 7.11 Å². The van der Waals surface area contributed by atoms with E-state index in [1.807, 2.05) is 0 Å². The molecular weight excluding hydrogens is 176 g/mol. The van der Waals surface area contributed by atoms with Gasteiger partial charge in [0.1, 0.15) is 0 Å². The molecular formula is C8H12O5. The van der Waals surface area contributed by atoms with Crippen molar-refractivity contribution in [2.24, 2.45) is 0 Å². The van der Waals surface area contributed by atoms with Gasteiger partial charge in [-0.05, 0) is 6.92 Å². The molecule has 1 N–H and O–H groups in total. The van der Waals surface area contributed by atoms with E-state index in [0.717, 1.165) is 6.08 Å². The second kappa shape index (κ2) is 8.48. The predicted molar refractivity (Wildman–Crippen MR) is 45.7 cm³/mol. The van der Waals surface area contributed by atoms with E-state index in [-0.39, 0.29) is 5.57 Å². The predicted octanol–water partition coefficient (Wildman–Crippen LogP) is 0.924. The zero-order valence-corrected chi connectivity index (χ0v) is 7.57. The van der Waals surface area contributed by atoms with E-state index < -0.39 is 11.9 Å². The van der Waals surface area contributed by atoms with Crippen LogP contribution in [-0.4, -0.2) is 24.3 Å². The van der Waals surface area contributed by atoms with E-state index in [9.17, 15) is 9.59 Å². The lowest BCUT2D eigenvalue weighted by molar-refractivity contribution is -0.229. The van der Waals surface area contributed by atoms with Gasteiger partial charge in [-0.25, -0.2) is 9.59 Å². The summed E-state index contributed by atoms with van der Waals surface area (Å²) in [5.74, 6) is -1.19. The standard InChI is InChI=1S/C4H6O3.C4H6O2/c1-3(2)4(5)7-6;1-3-4(5)6-2/h6H,1H2,2H3;3H,1H2,2H3. The van der Waals surface area contributed by atoms with Gasteiger partial charge in [-0.15, -0.1) is 0 Å². The van der Waals surface area contributed by atoms with Crippen molar-refractivity contribution in [3.05, 3.63) is 24.8 Å². The molecule has 0 aromatic rings. The molecule has 5 heteroatoms. The van der Waals surface area contributed by atoms with Crippen molar-refractivity contribution in [3.8, 4) is 0 Å². The maximum absolute atomic E-state index is 9.94. The second-order valence-electron chi connectivity index (χ2n) is 1.89. The molecule has 5 nitrogen and oxygen atoms in total. The minimum atomic E-state index is -0.792. The molecule has 0 aliphatic carbocycles. The van der Waals surface area contributed by atoms with Crippen LogP contribution in [0.2, 0.25) is 0 Å². The molecule has 0 aromatic carbocycles. The molecule has 0 bridgehead atoms. The summed E-state index contributed by atoms with van der Waals surface area (Å²) < 4.78 is 4.14. The Morgan fingerprint density at radius 2 is 1.92 bits per heavy atom. The molecule has 0 saturated carbocycles. The Morgan fingerprint density at radius 1 is 1.46 bits per heavy atom. The van der Waals surface area contributed by atoms with Crippen LogP contribution in [0.25, 0.3) is 0 Å². The molecule has 74 valence electrons. The number of carbonyl (C=O) groups excluding carboxylic acids is 2. The van der Waals surface area contributed by atoms with E-state index in [4.69, 9.17) is 5.26 Å². The zero-order valence-electron chi connectivity index (χ0n) is 7.57. The minimum absolute atomic E-state index is 0.183. The summed E-state index contributed by atoms with van der Waals surface area (Å²) >= 11 is 0. The van der Waals surface area contributed by atoms with E-state index in [1.54, 1.807) is 0 Å². The molecule has 0 heterocycles. The van der Waals surface area contributed by atoms with Crippen molar-refractivity contribution in [2.75, 3.05) is 7.11 Å². The number of carbonyl (C=O) groups is 2. The molecule has 0 unspecified atom stereocenters. The fourth-order valence-corrected chi connectivity index (χ4v) is 0.161. The van der Waals surface area contributed by atoms with E-state index in [2.05, 4.69) is 22.8 Å². The van der Waals surface area contributed by atoms with E-state index in [1.165, 1.54) is 14.0 Å². The van der Waals surface area contributed by atoms with Crippen LogP contribution in [0.3, 0.4) is 0 Å². The smallest absolute Gasteiger partial charge is 0.367 e. The maximum Gasteiger partial charge on any atom is 0.367 e. The van der Waals surface area contributed by atoms with Gasteiger partial charge in [0, 0.05) is 11.6 Å². The number of hydrogen-bond donors (Lipinski definition) is 1. The van der Waals surface area contributed by atoms with Gasteiger partial charge in [-0.1, -0.05) is 13.2 Å². The van der Waals surface area contributed by atoms with Gasteiger partial charge in [0.2, 0.25) is 0 Å². The van der Waals surface area contributed by atoms with Crippen LogP contribution in [0.5, 0.6) is 0 Å². The Balaban J connectivity index is 0. The average molecular weight is 188 g/mol. The Morgan fingerprint density at radius 3 is 1.92 bits per heavy atom. The van der Waals surface area contributed by atoms with E-state index in [0.29, 0.717) is 0 Å². The largest absolute Gasteiger partial charge is 0.466 e. The molecule has 0 rings (SSSR count). The fraction of sp³-hybridized carbons (Fsp3) is 0.250. The third-order valence-electron chi connectivity index (χ3n) is 0.799. The summed E-state index contributed by atoms with van der Waals surface area (Å²) in [6, 6.07) is 0. The van der Waals surface area contributed by atoms with Gasteiger partial charge in [0.15, 0.2) is 0 Å². The molecule has 0 atom stereocenters. The van der Waals surface area contributed by atoms with Crippen LogP contribution < -0.4 is 0 Å². The minimum Gasteiger partial charge on any atom is -0.466 e. The second-order valence-corrected chi connectivity index (χ2v) is 1.89. The maximum atomic E-state index is 9.94. The number of hydrogen-bond acceptors (Lipinski definition) is 5. The van der Waals surface area contributed by atoms with Gasteiger partial charge in [-0.2, -0.15) is 5.26 Å². The number of rotatable bonds is 2. The monoisotopic (exact) mass is 188 g/mol. The van der Waals surface area contributed by atoms with Crippen molar-refractivity contribution >= 4 is 11.9 Å². The Kier molecular flexibility index (Phi) is 9.09. The molecule has 0 fully saturated rings. The first-order chi connectivity index (χ1) is 5.99. The highest BCUT2D eigenvalue weighted by Crippen LogP contribution is 1.86. The molecule has 0 aliphatic rings. The number of ether oxygens (including phenoxy) is 1. The van der Waals surface area contributed by atoms with Crippen LogP contribution in [0.4, 0.5) is 0 Å². The highest BCUT2D eigenvalue weighted by atomic mass is 17.1. The summed E-state index contributed by atoms with van der Waals surface area (Å²) in [4.78, 5) is 23.1. The fourth-order valence-electron chi connectivity index (χ4n) is 0.161. The topological polar surface area (TPSA) is 72.8 Å².